The first kappa shape index (κ1) is 12.3. The first-order valence-electron chi connectivity index (χ1n) is 5.66. The lowest BCUT2D eigenvalue weighted by Gasteiger charge is -2.17. The van der Waals surface area contributed by atoms with Crippen LogP contribution in [0.25, 0.3) is 0 Å². The van der Waals surface area contributed by atoms with Crippen LogP contribution in [0.1, 0.15) is 22.0 Å². The molecule has 90 valence electrons. The zero-order chi connectivity index (χ0) is 12.3. The van der Waals surface area contributed by atoms with Crippen LogP contribution >= 0.6 is 11.3 Å². The molecule has 0 aliphatic heterocycles. The molecule has 0 fully saturated rings. The second kappa shape index (κ2) is 5.43. The molecule has 1 atom stereocenters. The number of nitrogens with one attached hydrogen (secondary N) is 1. The van der Waals surface area contributed by atoms with Crippen molar-refractivity contribution in [1.82, 2.24) is 5.32 Å². The van der Waals surface area contributed by atoms with Crippen molar-refractivity contribution in [2.75, 3.05) is 7.05 Å². The van der Waals surface area contributed by atoms with Gasteiger partial charge in [0.05, 0.1) is 0 Å². The molecule has 1 unspecified atom stereocenters. The van der Waals surface area contributed by atoms with Crippen LogP contribution in [-0.4, -0.2) is 7.05 Å². The molecule has 17 heavy (non-hydrogen) atoms. The number of aryl methyl sites for hydroxylation is 1. The van der Waals surface area contributed by atoms with Crippen LogP contribution in [0, 0.1) is 12.7 Å². The van der Waals surface area contributed by atoms with Gasteiger partial charge in [-0.15, -0.1) is 11.3 Å². The van der Waals surface area contributed by atoms with E-state index in [2.05, 4.69) is 16.8 Å². The number of rotatable bonds is 4. The standard InChI is InChI=1S/C14H16FNS/c1-10-5-6-13(15)12(8-10)14(16-2)9-11-4-3-7-17-11/h3-8,14,16H,9H2,1-2H3. The van der Waals surface area contributed by atoms with Crippen molar-refractivity contribution in [3.63, 3.8) is 0 Å². The van der Waals surface area contributed by atoms with Gasteiger partial charge in [-0.2, -0.15) is 0 Å². The summed E-state index contributed by atoms with van der Waals surface area (Å²) in [5.74, 6) is -0.133. The van der Waals surface area contributed by atoms with E-state index < -0.39 is 0 Å². The Hall–Kier alpha value is -1.19. The summed E-state index contributed by atoms with van der Waals surface area (Å²) < 4.78 is 13.8. The Labute approximate surface area is 105 Å². The molecule has 0 saturated heterocycles. The van der Waals surface area contributed by atoms with E-state index in [1.807, 2.05) is 26.1 Å². The molecule has 1 heterocycles. The summed E-state index contributed by atoms with van der Waals surface area (Å²) in [4.78, 5) is 1.27. The summed E-state index contributed by atoms with van der Waals surface area (Å²) in [7, 11) is 1.88. The molecule has 3 heteroatoms. The first-order chi connectivity index (χ1) is 8.20. The third-order valence-electron chi connectivity index (χ3n) is 2.86. The van der Waals surface area contributed by atoms with Crippen LogP contribution < -0.4 is 5.32 Å². The van der Waals surface area contributed by atoms with Gasteiger partial charge < -0.3 is 5.32 Å². The van der Waals surface area contributed by atoms with Gasteiger partial charge in [0.1, 0.15) is 5.82 Å². The number of hydrogen-bond acceptors (Lipinski definition) is 2. The molecule has 1 N–H and O–H groups in total. The summed E-state index contributed by atoms with van der Waals surface area (Å²) in [5, 5.41) is 5.24. The molecule has 0 spiro atoms. The van der Waals surface area contributed by atoms with Gasteiger partial charge in [-0.1, -0.05) is 23.8 Å². The predicted molar refractivity (Wildman–Crippen MR) is 71.0 cm³/mol. The number of hydrogen-bond donors (Lipinski definition) is 1. The molecule has 0 radical (unpaired) electrons. The van der Waals surface area contributed by atoms with Gasteiger partial charge in [0.25, 0.3) is 0 Å². The van der Waals surface area contributed by atoms with Gasteiger partial charge in [0, 0.05) is 22.9 Å². The number of benzene rings is 1. The highest BCUT2D eigenvalue weighted by Crippen LogP contribution is 2.24. The first-order valence-corrected chi connectivity index (χ1v) is 6.54. The minimum atomic E-state index is -0.133. The minimum Gasteiger partial charge on any atom is -0.313 e. The molecule has 0 aliphatic rings. The molecule has 1 aromatic heterocycles. The average molecular weight is 249 g/mol. The lowest BCUT2D eigenvalue weighted by molar-refractivity contribution is 0.536. The van der Waals surface area contributed by atoms with Crippen LogP contribution in [0.4, 0.5) is 4.39 Å². The zero-order valence-electron chi connectivity index (χ0n) is 10.0. The number of halogens is 1. The van der Waals surface area contributed by atoms with Crippen LogP contribution in [-0.2, 0) is 6.42 Å². The van der Waals surface area contributed by atoms with Crippen LogP contribution in [0.5, 0.6) is 0 Å². The van der Waals surface area contributed by atoms with Crippen LogP contribution in [0.3, 0.4) is 0 Å². The molecule has 0 amide bonds. The predicted octanol–water partition coefficient (Wildman–Crippen LogP) is 3.70. The Morgan fingerprint density at radius 2 is 2.18 bits per heavy atom. The maximum absolute atomic E-state index is 13.8. The van der Waals surface area contributed by atoms with Gasteiger partial charge in [-0.05, 0) is 31.5 Å². The van der Waals surface area contributed by atoms with Crippen LogP contribution in [0.15, 0.2) is 35.7 Å². The summed E-state index contributed by atoms with van der Waals surface area (Å²) in [6, 6.07) is 9.42. The van der Waals surface area contributed by atoms with Crippen molar-refractivity contribution in [3.05, 3.63) is 57.5 Å². The third kappa shape index (κ3) is 2.93. The second-order valence-electron chi connectivity index (χ2n) is 4.15. The lowest BCUT2D eigenvalue weighted by Crippen LogP contribution is -2.19. The van der Waals surface area contributed by atoms with E-state index in [1.165, 1.54) is 4.88 Å². The molecule has 2 rings (SSSR count). The van der Waals surface area contributed by atoms with Gasteiger partial charge >= 0.3 is 0 Å². The largest absolute Gasteiger partial charge is 0.313 e. The minimum absolute atomic E-state index is 0.0357. The Balaban J connectivity index is 2.25. The number of thiophene rings is 1. The molecule has 0 aliphatic carbocycles. The molecule has 1 nitrogen and oxygen atoms in total. The highest BCUT2D eigenvalue weighted by Gasteiger charge is 2.15. The Morgan fingerprint density at radius 3 is 2.82 bits per heavy atom. The highest BCUT2D eigenvalue weighted by atomic mass is 32.1. The Bertz CT molecular complexity index is 479. The van der Waals surface area contributed by atoms with Gasteiger partial charge in [0.15, 0.2) is 0 Å². The van der Waals surface area contributed by atoms with Crippen molar-refractivity contribution in [2.24, 2.45) is 0 Å². The molecular formula is C14H16FNS. The van der Waals surface area contributed by atoms with E-state index in [4.69, 9.17) is 0 Å². The zero-order valence-corrected chi connectivity index (χ0v) is 10.9. The SMILES string of the molecule is CNC(Cc1cccs1)c1cc(C)ccc1F. The van der Waals surface area contributed by atoms with Gasteiger partial charge in [-0.3, -0.25) is 0 Å². The van der Waals surface area contributed by atoms with E-state index in [9.17, 15) is 4.39 Å². The molecule has 0 bridgehead atoms. The fourth-order valence-electron chi connectivity index (χ4n) is 1.93. The van der Waals surface area contributed by atoms with E-state index in [1.54, 1.807) is 23.5 Å². The molecule has 2 aromatic rings. The smallest absolute Gasteiger partial charge is 0.128 e. The summed E-state index contributed by atoms with van der Waals surface area (Å²) in [6.07, 6.45) is 0.828. The lowest BCUT2D eigenvalue weighted by atomic mass is 10.0. The summed E-state index contributed by atoms with van der Waals surface area (Å²) in [6.45, 7) is 1.99. The van der Waals surface area contributed by atoms with Crippen molar-refractivity contribution >= 4 is 11.3 Å². The third-order valence-corrected chi connectivity index (χ3v) is 3.76. The summed E-state index contributed by atoms with van der Waals surface area (Å²) >= 11 is 1.71. The molecule has 1 aromatic carbocycles. The maximum Gasteiger partial charge on any atom is 0.128 e. The van der Waals surface area contributed by atoms with Crippen molar-refractivity contribution < 1.29 is 4.39 Å². The number of likely N-dealkylation sites (N-methyl/N-ethyl adjacent to an activating group) is 1. The Morgan fingerprint density at radius 1 is 1.35 bits per heavy atom. The van der Waals surface area contributed by atoms with Gasteiger partial charge in [-0.25, -0.2) is 4.39 Å². The van der Waals surface area contributed by atoms with E-state index in [0.29, 0.717) is 0 Å². The van der Waals surface area contributed by atoms with E-state index >= 15 is 0 Å². The fourth-order valence-corrected chi connectivity index (χ4v) is 2.68. The van der Waals surface area contributed by atoms with Gasteiger partial charge in [0.2, 0.25) is 0 Å². The van der Waals surface area contributed by atoms with Crippen molar-refractivity contribution in [1.29, 1.82) is 0 Å². The Kier molecular flexibility index (Phi) is 3.92. The van der Waals surface area contributed by atoms with E-state index in [-0.39, 0.29) is 11.9 Å². The highest BCUT2D eigenvalue weighted by molar-refractivity contribution is 7.09. The fraction of sp³-hybridized carbons (Fsp3) is 0.286. The molecule has 0 saturated carbocycles. The van der Waals surface area contributed by atoms with E-state index in [0.717, 1.165) is 17.5 Å². The van der Waals surface area contributed by atoms with Crippen molar-refractivity contribution in [2.45, 2.75) is 19.4 Å². The monoisotopic (exact) mass is 249 g/mol. The molecular weight excluding hydrogens is 233 g/mol. The summed E-state index contributed by atoms with van der Waals surface area (Å²) in [5.41, 5.74) is 1.84. The van der Waals surface area contributed by atoms with Crippen LogP contribution in [0.2, 0.25) is 0 Å². The second-order valence-corrected chi connectivity index (χ2v) is 5.18. The quantitative estimate of drug-likeness (QED) is 0.871. The van der Waals surface area contributed by atoms with Crippen molar-refractivity contribution in [3.8, 4) is 0 Å². The topological polar surface area (TPSA) is 12.0 Å². The normalized spacial score (nSPS) is 12.6. The maximum atomic E-state index is 13.8. The average Bonchev–Trinajstić information content (AvgIpc) is 2.82.